The fraction of sp³-hybridized carbons (Fsp3) is 0.0769. The maximum atomic E-state index is 9.02. The smallest absolute Gasteiger partial charge is 0.237 e. The molecule has 0 atom stereocenters. The predicted octanol–water partition coefficient (Wildman–Crippen LogP) is 3.05. The van der Waals surface area contributed by atoms with E-state index in [9.17, 15) is 0 Å². The van der Waals surface area contributed by atoms with Gasteiger partial charge in [0.1, 0.15) is 17.4 Å². The average molecular weight is 257 g/mol. The van der Waals surface area contributed by atoms with Crippen LogP contribution in [-0.2, 0) is 0 Å². The van der Waals surface area contributed by atoms with Crippen molar-refractivity contribution in [2.45, 2.75) is 4.90 Å². The molecule has 0 saturated carbocycles. The second kappa shape index (κ2) is 5.43. The van der Waals surface area contributed by atoms with Crippen LogP contribution in [0.3, 0.4) is 0 Å². The van der Waals surface area contributed by atoms with E-state index in [4.69, 9.17) is 15.7 Å². The highest BCUT2D eigenvalue weighted by atomic mass is 32.2. The summed E-state index contributed by atoms with van der Waals surface area (Å²) in [6, 6.07) is 11.2. The largest absolute Gasteiger partial charge is 0.437 e. The minimum atomic E-state index is 0.271. The molecule has 0 radical (unpaired) electrons. The number of benzene rings is 1. The Labute approximate surface area is 109 Å². The molecule has 1 aromatic heterocycles. The normalized spacial score (nSPS) is 9.78. The van der Waals surface area contributed by atoms with E-state index in [1.54, 1.807) is 17.8 Å². The lowest BCUT2D eigenvalue weighted by Crippen LogP contribution is -1.95. The number of rotatable bonds is 3. The van der Waals surface area contributed by atoms with Crippen molar-refractivity contribution >= 4 is 17.4 Å². The van der Waals surface area contributed by atoms with E-state index >= 15 is 0 Å². The van der Waals surface area contributed by atoms with Gasteiger partial charge >= 0.3 is 0 Å². The van der Waals surface area contributed by atoms with Crippen LogP contribution in [-0.4, -0.2) is 11.2 Å². The lowest BCUT2D eigenvalue weighted by atomic mass is 10.3. The van der Waals surface area contributed by atoms with Crippen LogP contribution < -0.4 is 10.5 Å². The van der Waals surface area contributed by atoms with Gasteiger partial charge in [-0.1, -0.05) is 12.1 Å². The summed E-state index contributed by atoms with van der Waals surface area (Å²) in [4.78, 5) is 5.03. The molecule has 1 heterocycles. The molecule has 18 heavy (non-hydrogen) atoms. The Balaban J connectivity index is 2.37. The van der Waals surface area contributed by atoms with Gasteiger partial charge in [0.15, 0.2) is 0 Å². The molecule has 0 unspecified atom stereocenters. The number of para-hydroxylation sites is 1. The van der Waals surface area contributed by atoms with E-state index in [1.165, 1.54) is 6.20 Å². The van der Waals surface area contributed by atoms with Crippen LogP contribution in [0.25, 0.3) is 0 Å². The average Bonchev–Trinajstić information content (AvgIpc) is 2.41. The number of nitrogens with zero attached hydrogens (tertiary/aromatic N) is 2. The van der Waals surface area contributed by atoms with Gasteiger partial charge in [0.2, 0.25) is 5.88 Å². The topological polar surface area (TPSA) is 71.9 Å². The van der Waals surface area contributed by atoms with Gasteiger partial charge in [-0.05, 0) is 24.5 Å². The van der Waals surface area contributed by atoms with E-state index in [2.05, 4.69) is 4.98 Å². The molecule has 2 N–H and O–H groups in total. The van der Waals surface area contributed by atoms with E-state index < -0.39 is 0 Å². The minimum absolute atomic E-state index is 0.271. The van der Waals surface area contributed by atoms with Crippen LogP contribution in [0.1, 0.15) is 5.56 Å². The summed E-state index contributed by atoms with van der Waals surface area (Å²) in [5.74, 6) is 0.951. The van der Waals surface area contributed by atoms with Crippen LogP contribution in [0.4, 0.5) is 5.69 Å². The van der Waals surface area contributed by atoms with E-state index in [-0.39, 0.29) is 5.88 Å². The molecule has 0 spiro atoms. The van der Waals surface area contributed by atoms with Gasteiger partial charge in [-0.2, -0.15) is 5.26 Å². The standard InChI is InChI=1S/C13H11N3OS/c1-18-12-5-3-2-4-11(12)17-13-9(7-14)6-10(15)8-16-13/h2-6,8H,15H2,1H3. The summed E-state index contributed by atoms with van der Waals surface area (Å²) >= 11 is 1.57. The summed E-state index contributed by atoms with van der Waals surface area (Å²) in [7, 11) is 0. The highest BCUT2D eigenvalue weighted by Gasteiger charge is 2.09. The van der Waals surface area contributed by atoms with Crippen LogP contribution in [0.15, 0.2) is 41.4 Å². The fourth-order valence-corrected chi connectivity index (χ4v) is 1.96. The summed E-state index contributed by atoms with van der Waals surface area (Å²) in [6.07, 6.45) is 3.43. The van der Waals surface area contributed by atoms with Gasteiger partial charge < -0.3 is 10.5 Å². The summed E-state index contributed by atoms with van der Waals surface area (Å²) < 4.78 is 5.67. The Kier molecular flexibility index (Phi) is 3.70. The monoisotopic (exact) mass is 257 g/mol. The lowest BCUT2D eigenvalue weighted by Gasteiger charge is -2.09. The number of aromatic nitrogens is 1. The highest BCUT2D eigenvalue weighted by Crippen LogP contribution is 2.31. The number of nitrogens with two attached hydrogens (primary N) is 1. The fourth-order valence-electron chi connectivity index (χ4n) is 1.44. The van der Waals surface area contributed by atoms with Gasteiger partial charge in [-0.15, -0.1) is 11.8 Å². The van der Waals surface area contributed by atoms with Gasteiger partial charge in [0, 0.05) is 4.90 Å². The van der Waals surface area contributed by atoms with Crippen molar-refractivity contribution in [2.75, 3.05) is 12.0 Å². The van der Waals surface area contributed by atoms with Crippen molar-refractivity contribution in [3.63, 3.8) is 0 Å². The number of pyridine rings is 1. The lowest BCUT2D eigenvalue weighted by molar-refractivity contribution is 0.451. The molecule has 4 nitrogen and oxygen atoms in total. The van der Waals surface area contributed by atoms with Crippen LogP contribution in [0.2, 0.25) is 0 Å². The third-order valence-corrected chi connectivity index (χ3v) is 3.05. The number of hydrogen-bond acceptors (Lipinski definition) is 5. The number of nitrogen functional groups attached to an aromatic ring is 1. The van der Waals surface area contributed by atoms with Crippen molar-refractivity contribution in [1.82, 2.24) is 4.98 Å². The molecule has 2 aromatic rings. The molecule has 0 aliphatic heterocycles. The Morgan fingerprint density at radius 2 is 2.17 bits per heavy atom. The number of nitriles is 1. The number of thioether (sulfide) groups is 1. The maximum absolute atomic E-state index is 9.02. The van der Waals surface area contributed by atoms with Gasteiger partial charge in [-0.25, -0.2) is 4.98 Å². The molecule has 2 rings (SSSR count). The Morgan fingerprint density at radius 1 is 1.39 bits per heavy atom. The van der Waals surface area contributed by atoms with E-state index in [1.807, 2.05) is 36.6 Å². The molecule has 0 bridgehead atoms. The first-order valence-corrected chi connectivity index (χ1v) is 6.43. The molecule has 0 aliphatic rings. The van der Waals surface area contributed by atoms with Crippen LogP contribution in [0, 0.1) is 11.3 Å². The van der Waals surface area contributed by atoms with Crippen molar-refractivity contribution in [3.05, 3.63) is 42.1 Å². The molecule has 1 aromatic carbocycles. The van der Waals surface area contributed by atoms with Gasteiger partial charge in [0.25, 0.3) is 0 Å². The maximum Gasteiger partial charge on any atom is 0.237 e. The first-order valence-electron chi connectivity index (χ1n) is 5.21. The highest BCUT2D eigenvalue weighted by molar-refractivity contribution is 7.98. The van der Waals surface area contributed by atoms with Gasteiger partial charge in [0.05, 0.1) is 11.9 Å². The second-order valence-electron chi connectivity index (χ2n) is 3.49. The molecular formula is C13H11N3OS. The molecule has 0 amide bonds. The van der Waals surface area contributed by atoms with Crippen molar-refractivity contribution in [2.24, 2.45) is 0 Å². The predicted molar refractivity (Wildman–Crippen MR) is 71.7 cm³/mol. The first-order chi connectivity index (χ1) is 8.74. The van der Waals surface area contributed by atoms with Crippen molar-refractivity contribution in [3.8, 4) is 17.7 Å². The van der Waals surface area contributed by atoms with Crippen molar-refractivity contribution in [1.29, 1.82) is 5.26 Å². The molecule has 90 valence electrons. The van der Waals surface area contributed by atoms with E-state index in [0.29, 0.717) is 17.0 Å². The quantitative estimate of drug-likeness (QED) is 0.855. The molecule has 0 saturated heterocycles. The summed E-state index contributed by atoms with van der Waals surface area (Å²) in [5.41, 5.74) is 6.35. The molecule has 0 fully saturated rings. The van der Waals surface area contributed by atoms with Crippen LogP contribution in [0.5, 0.6) is 11.6 Å². The Morgan fingerprint density at radius 3 is 2.89 bits per heavy atom. The summed E-state index contributed by atoms with van der Waals surface area (Å²) in [6.45, 7) is 0. The second-order valence-corrected chi connectivity index (χ2v) is 4.33. The minimum Gasteiger partial charge on any atom is -0.437 e. The Bertz CT molecular complexity index is 607. The molecule has 5 heteroatoms. The number of hydrogen-bond donors (Lipinski definition) is 1. The van der Waals surface area contributed by atoms with E-state index in [0.717, 1.165) is 4.90 Å². The molecule has 0 aliphatic carbocycles. The van der Waals surface area contributed by atoms with Crippen LogP contribution >= 0.6 is 11.8 Å². The van der Waals surface area contributed by atoms with Gasteiger partial charge in [-0.3, -0.25) is 0 Å². The number of anilines is 1. The third-order valence-electron chi connectivity index (χ3n) is 2.27. The summed E-state index contributed by atoms with van der Waals surface area (Å²) in [5, 5.41) is 9.02. The SMILES string of the molecule is CSc1ccccc1Oc1ncc(N)cc1C#N. The zero-order valence-corrected chi connectivity index (χ0v) is 10.6. The third kappa shape index (κ3) is 2.55. The Hall–Kier alpha value is -2.19. The number of ether oxygens (including phenoxy) is 1. The van der Waals surface area contributed by atoms with Crippen molar-refractivity contribution < 1.29 is 4.74 Å². The molecular weight excluding hydrogens is 246 g/mol. The zero-order valence-electron chi connectivity index (χ0n) is 9.75. The zero-order chi connectivity index (χ0) is 13.0. The first kappa shape index (κ1) is 12.3.